The Bertz CT molecular complexity index is 523. The molecule has 1 atom stereocenters. The lowest BCUT2D eigenvalue weighted by atomic mass is 10.1. The summed E-state index contributed by atoms with van der Waals surface area (Å²) >= 11 is 0. The second-order valence-electron chi connectivity index (χ2n) is 4.55. The number of ether oxygens (including phenoxy) is 1. The molecule has 20 heavy (non-hydrogen) atoms. The third-order valence-corrected chi connectivity index (χ3v) is 2.79. The molecule has 108 valence electrons. The van der Waals surface area contributed by atoms with Gasteiger partial charge in [0.1, 0.15) is 0 Å². The number of aryl methyl sites for hydroxylation is 2. The molecule has 5 nitrogen and oxygen atoms in total. The van der Waals surface area contributed by atoms with E-state index < -0.39 is 17.9 Å². The number of carbonyl (C=O) groups is 2. The van der Waals surface area contributed by atoms with Gasteiger partial charge in [-0.2, -0.15) is 0 Å². The lowest BCUT2D eigenvalue weighted by Gasteiger charge is -2.11. The van der Waals surface area contributed by atoms with Crippen LogP contribution in [-0.2, 0) is 14.3 Å². The molecule has 1 aromatic rings. The quantitative estimate of drug-likeness (QED) is 0.773. The van der Waals surface area contributed by atoms with Crippen molar-refractivity contribution < 1.29 is 19.4 Å². The van der Waals surface area contributed by atoms with Crippen LogP contribution < -0.4 is 5.32 Å². The molecule has 0 aliphatic rings. The van der Waals surface area contributed by atoms with Crippen LogP contribution in [0, 0.1) is 13.8 Å². The Morgan fingerprint density at radius 1 is 1.40 bits per heavy atom. The number of amides is 1. The van der Waals surface area contributed by atoms with Crippen molar-refractivity contribution >= 4 is 18.0 Å². The Kier molecular flexibility index (Phi) is 5.93. The molecule has 1 rings (SSSR count). The fourth-order valence-corrected chi connectivity index (χ4v) is 1.74. The summed E-state index contributed by atoms with van der Waals surface area (Å²) in [5.74, 6) is -1.59. The highest BCUT2D eigenvalue weighted by Gasteiger charge is 2.18. The predicted molar refractivity (Wildman–Crippen MR) is 76.4 cm³/mol. The van der Waals surface area contributed by atoms with E-state index in [1.807, 2.05) is 32.0 Å². The summed E-state index contributed by atoms with van der Waals surface area (Å²) in [5.41, 5.74) is 3.13. The summed E-state index contributed by atoms with van der Waals surface area (Å²) < 4.78 is 4.74. The topological polar surface area (TPSA) is 75.6 Å². The normalized spacial score (nSPS) is 12.3. The molecule has 0 bridgehead atoms. The third-order valence-electron chi connectivity index (χ3n) is 2.79. The molecule has 0 heterocycles. The van der Waals surface area contributed by atoms with Gasteiger partial charge in [-0.25, -0.2) is 4.79 Å². The Morgan fingerprint density at radius 2 is 2.10 bits per heavy atom. The zero-order valence-electron chi connectivity index (χ0n) is 11.8. The van der Waals surface area contributed by atoms with Crippen LogP contribution in [0.1, 0.15) is 16.7 Å². The molecule has 2 N–H and O–H groups in total. The first-order chi connectivity index (χ1) is 9.43. The van der Waals surface area contributed by atoms with Crippen molar-refractivity contribution in [3.63, 3.8) is 0 Å². The number of methoxy groups -OCH3 is 1. The summed E-state index contributed by atoms with van der Waals surface area (Å²) in [6.07, 6.45) is 2.99. The minimum absolute atomic E-state index is 0.0710. The molecule has 5 heteroatoms. The monoisotopic (exact) mass is 277 g/mol. The van der Waals surface area contributed by atoms with Crippen LogP contribution in [0.4, 0.5) is 0 Å². The van der Waals surface area contributed by atoms with Crippen molar-refractivity contribution in [1.29, 1.82) is 0 Å². The number of rotatable bonds is 6. The largest absolute Gasteiger partial charge is 0.480 e. The molecule has 1 unspecified atom stereocenters. The van der Waals surface area contributed by atoms with Gasteiger partial charge in [0.25, 0.3) is 0 Å². The van der Waals surface area contributed by atoms with Crippen molar-refractivity contribution in [2.24, 2.45) is 0 Å². The van der Waals surface area contributed by atoms with E-state index in [2.05, 4.69) is 5.32 Å². The van der Waals surface area contributed by atoms with E-state index in [0.29, 0.717) is 0 Å². The molecule has 0 radical (unpaired) electrons. The van der Waals surface area contributed by atoms with E-state index in [9.17, 15) is 9.59 Å². The SMILES string of the molecule is COCC(NC(=O)/C=C/c1ccc(C)cc1C)C(=O)O. The molecule has 1 aromatic carbocycles. The fourth-order valence-electron chi connectivity index (χ4n) is 1.74. The summed E-state index contributed by atoms with van der Waals surface area (Å²) in [5, 5.41) is 11.3. The van der Waals surface area contributed by atoms with E-state index in [1.165, 1.54) is 13.2 Å². The number of nitrogens with one attached hydrogen (secondary N) is 1. The molecule has 0 saturated carbocycles. The van der Waals surface area contributed by atoms with Crippen molar-refractivity contribution in [1.82, 2.24) is 5.32 Å². The number of hydrogen-bond donors (Lipinski definition) is 2. The molecule has 0 saturated heterocycles. The van der Waals surface area contributed by atoms with Gasteiger partial charge in [-0.3, -0.25) is 4.79 Å². The van der Waals surface area contributed by atoms with E-state index in [-0.39, 0.29) is 6.61 Å². The first-order valence-corrected chi connectivity index (χ1v) is 6.21. The van der Waals surface area contributed by atoms with Crippen LogP contribution in [0.15, 0.2) is 24.3 Å². The van der Waals surface area contributed by atoms with Crippen molar-refractivity contribution in [2.45, 2.75) is 19.9 Å². The highest BCUT2D eigenvalue weighted by atomic mass is 16.5. The summed E-state index contributed by atoms with van der Waals surface area (Å²) in [6, 6.07) is 4.84. The number of aliphatic carboxylic acids is 1. The van der Waals surface area contributed by atoms with Crippen molar-refractivity contribution in [2.75, 3.05) is 13.7 Å². The van der Waals surface area contributed by atoms with E-state index in [0.717, 1.165) is 16.7 Å². The van der Waals surface area contributed by atoms with Crippen LogP contribution in [-0.4, -0.2) is 36.7 Å². The lowest BCUT2D eigenvalue weighted by molar-refractivity contribution is -0.142. The van der Waals surface area contributed by atoms with Gasteiger partial charge in [0, 0.05) is 13.2 Å². The maximum absolute atomic E-state index is 11.7. The minimum atomic E-state index is -1.12. The number of hydrogen-bond acceptors (Lipinski definition) is 3. The number of carboxylic acid groups (broad SMARTS) is 1. The van der Waals surface area contributed by atoms with Gasteiger partial charge in [-0.15, -0.1) is 0 Å². The lowest BCUT2D eigenvalue weighted by Crippen LogP contribution is -2.43. The molecular formula is C15H19NO4. The summed E-state index contributed by atoms with van der Waals surface area (Å²) in [6.45, 7) is 3.88. The smallest absolute Gasteiger partial charge is 0.328 e. The number of benzene rings is 1. The van der Waals surface area contributed by atoms with E-state index in [1.54, 1.807) is 6.08 Å². The minimum Gasteiger partial charge on any atom is -0.480 e. The Hall–Kier alpha value is -2.14. The zero-order valence-corrected chi connectivity index (χ0v) is 11.8. The van der Waals surface area contributed by atoms with Gasteiger partial charge in [-0.05, 0) is 31.1 Å². The van der Waals surface area contributed by atoms with Crippen LogP contribution >= 0.6 is 0 Å². The maximum Gasteiger partial charge on any atom is 0.328 e. The van der Waals surface area contributed by atoms with Gasteiger partial charge < -0.3 is 15.2 Å². The van der Waals surface area contributed by atoms with Gasteiger partial charge in [0.05, 0.1) is 6.61 Å². The van der Waals surface area contributed by atoms with E-state index in [4.69, 9.17) is 9.84 Å². The summed E-state index contributed by atoms with van der Waals surface area (Å²) in [7, 11) is 1.38. The first-order valence-electron chi connectivity index (χ1n) is 6.21. The molecule has 0 spiro atoms. The second kappa shape index (κ2) is 7.45. The molecular weight excluding hydrogens is 258 g/mol. The van der Waals surface area contributed by atoms with Gasteiger partial charge in [0.15, 0.2) is 6.04 Å². The van der Waals surface area contributed by atoms with Gasteiger partial charge in [0.2, 0.25) is 5.91 Å². The van der Waals surface area contributed by atoms with Gasteiger partial charge >= 0.3 is 5.97 Å². The van der Waals surface area contributed by atoms with Crippen molar-refractivity contribution in [3.8, 4) is 0 Å². The Balaban J connectivity index is 2.69. The van der Waals surface area contributed by atoms with Crippen LogP contribution in [0.2, 0.25) is 0 Å². The van der Waals surface area contributed by atoms with Crippen LogP contribution in [0.25, 0.3) is 6.08 Å². The molecule has 0 fully saturated rings. The van der Waals surface area contributed by atoms with E-state index >= 15 is 0 Å². The van der Waals surface area contributed by atoms with Crippen LogP contribution in [0.3, 0.4) is 0 Å². The number of carboxylic acids is 1. The number of carbonyl (C=O) groups excluding carboxylic acids is 1. The van der Waals surface area contributed by atoms with Crippen LogP contribution in [0.5, 0.6) is 0 Å². The predicted octanol–water partition coefficient (Wildman–Crippen LogP) is 1.53. The Labute approximate surface area is 118 Å². The standard InChI is InChI=1S/C15H19NO4/c1-10-4-5-12(11(2)8-10)6-7-14(17)16-13(9-20-3)15(18)19/h4-8,13H,9H2,1-3H3,(H,16,17)(H,18,19)/b7-6+. The Morgan fingerprint density at radius 3 is 2.65 bits per heavy atom. The molecule has 1 amide bonds. The van der Waals surface area contributed by atoms with Crippen molar-refractivity contribution in [3.05, 3.63) is 41.0 Å². The fraction of sp³-hybridized carbons (Fsp3) is 0.333. The van der Waals surface area contributed by atoms with Gasteiger partial charge in [-0.1, -0.05) is 23.8 Å². The average molecular weight is 277 g/mol. The second-order valence-corrected chi connectivity index (χ2v) is 4.55. The molecule has 0 aliphatic carbocycles. The highest BCUT2D eigenvalue weighted by molar-refractivity contribution is 5.94. The average Bonchev–Trinajstić information content (AvgIpc) is 2.37. The molecule has 0 aromatic heterocycles. The summed E-state index contributed by atoms with van der Waals surface area (Å²) in [4.78, 5) is 22.5. The third kappa shape index (κ3) is 4.85. The highest BCUT2D eigenvalue weighted by Crippen LogP contribution is 2.11. The zero-order chi connectivity index (χ0) is 15.1. The first kappa shape index (κ1) is 15.9. The maximum atomic E-state index is 11.7. The molecule has 0 aliphatic heterocycles.